The van der Waals surface area contributed by atoms with Gasteiger partial charge in [0.05, 0.1) is 42.8 Å². The Balaban J connectivity index is 1.42. The smallest absolute Gasteiger partial charge is 0.339 e. The lowest BCUT2D eigenvalue weighted by Gasteiger charge is -2.25. The van der Waals surface area contributed by atoms with Crippen LogP contribution >= 0.6 is 11.3 Å². The van der Waals surface area contributed by atoms with Crippen LogP contribution in [0.5, 0.6) is 0 Å². The molecule has 2 aromatic heterocycles. The molecule has 2 amide bonds. The van der Waals surface area contributed by atoms with Crippen molar-refractivity contribution in [1.82, 2.24) is 25.5 Å². The monoisotopic (exact) mass is 615 g/mol. The lowest BCUT2D eigenvalue weighted by Crippen LogP contribution is -2.48. The van der Waals surface area contributed by atoms with Crippen molar-refractivity contribution in [2.24, 2.45) is 0 Å². The fraction of sp³-hybridized carbons (Fsp3) is 0.303. The van der Waals surface area contributed by atoms with Gasteiger partial charge in [0.1, 0.15) is 5.01 Å². The van der Waals surface area contributed by atoms with Gasteiger partial charge in [-0.25, -0.2) is 9.78 Å². The number of aliphatic hydroxyl groups is 1. The van der Waals surface area contributed by atoms with Crippen molar-refractivity contribution in [3.05, 3.63) is 116 Å². The first-order valence-corrected chi connectivity index (χ1v) is 15.1. The summed E-state index contributed by atoms with van der Waals surface area (Å²) in [6, 6.07) is 18.9. The fourth-order valence-corrected chi connectivity index (χ4v) is 5.52. The average molecular weight is 616 g/mol. The van der Waals surface area contributed by atoms with E-state index in [-0.39, 0.29) is 12.5 Å². The van der Waals surface area contributed by atoms with Gasteiger partial charge < -0.3 is 25.4 Å². The summed E-state index contributed by atoms with van der Waals surface area (Å²) in [6.07, 6.45) is -0.540. The number of nitrogens with one attached hydrogen (secondary N) is 2. The molecule has 0 saturated heterocycles. The Kier molecular flexibility index (Phi) is 11.3. The van der Waals surface area contributed by atoms with E-state index in [1.807, 2.05) is 42.6 Å². The SMILES string of the molecule is COC(=O)c1ccc(CNC[C@@H](O)[C@H](Cc2ccccc2)NC(=O)c2cccc(C(=O)N(C)Cc3nc(C)cs3)c2)nc1C. The molecule has 44 heavy (non-hydrogen) atoms. The van der Waals surface area contributed by atoms with Gasteiger partial charge in [0, 0.05) is 42.3 Å². The van der Waals surface area contributed by atoms with Crippen LogP contribution < -0.4 is 10.6 Å². The van der Waals surface area contributed by atoms with Gasteiger partial charge in [-0.05, 0) is 56.2 Å². The van der Waals surface area contributed by atoms with E-state index >= 15 is 0 Å². The molecule has 4 aromatic rings. The summed E-state index contributed by atoms with van der Waals surface area (Å²) in [6.45, 7) is 4.54. The first-order chi connectivity index (χ1) is 21.1. The molecule has 0 saturated carbocycles. The molecule has 0 aliphatic rings. The van der Waals surface area contributed by atoms with Gasteiger partial charge in [-0.1, -0.05) is 36.4 Å². The Morgan fingerprint density at radius 3 is 2.43 bits per heavy atom. The summed E-state index contributed by atoms with van der Waals surface area (Å²) in [5.74, 6) is -1.06. The zero-order valence-electron chi connectivity index (χ0n) is 25.2. The topological polar surface area (TPSA) is 134 Å². The molecular formula is C33H37N5O5S. The normalized spacial score (nSPS) is 12.3. The third kappa shape index (κ3) is 8.79. The lowest BCUT2D eigenvalue weighted by molar-refractivity contribution is 0.0598. The van der Waals surface area contributed by atoms with Crippen LogP contribution in [0.3, 0.4) is 0 Å². The third-order valence-electron chi connectivity index (χ3n) is 7.05. The molecule has 3 N–H and O–H groups in total. The van der Waals surface area contributed by atoms with E-state index in [9.17, 15) is 19.5 Å². The highest BCUT2D eigenvalue weighted by atomic mass is 32.1. The predicted octanol–water partition coefficient (Wildman–Crippen LogP) is 3.71. The number of benzene rings is 2. The minimum Gasteiger partial charge on any atom is -0.465 e. The Hall–Kier alpha value is -4.45. The van der Waals surface area contributed by atoms with Gasteiger partial charge in [-0.2, -0.15) is 0 Å². The molecular weight excluding hydrogens is 578 g/mol. The molecule has 0 aliphatic carbocycles. The number of aryl methyl sites for hydroxylation is 2. The number of hydrogen-bond donors (Lipinski definition) is 3. The number of esters is 1. The number of pyridine rings is 1. The number of hydrogen-bond acceptors (Lipinski definition) is 9. The van der Waals surface area contributed by atoms with Gasteiger partial charge in [0.25, 0.3) is 11.8 Å². The van der Waals surface area contributed by atoms with E-state index in [0.29, 0.717) is 47.6 Å². The van der Waals surface area contributed by atoms with Crippen molar-refractivity contribution in [3.63, 3.8) is 0 Å². The Morgan fingerprint density at radius 2 is 1.75 bits per heavy atom. The number of thiazole rings is 1. The van der Waals surface area contributed by atoms with E-state index in [1.54, 1.807) is 55.3 Å². The van der Waals surface area contributed by atoms with Crippen molar-refractivity contribution in [2.75, 3.05) is 20.7 Å². The molecule has 0 aliphatic heterocycles. The second kappa shape index (κ2) is 15.3. The van der Waals surface area contributed by atoms with Crippen molar-refractivity contribution in [2.45, 2.75) is 45.5 Å². The first kappa shape index (κ1) is 32.5. The summed E-state index contributed by atoms with van der Waals surface area (Å²) in [4.78, 5) is 48.8. The summed E-state index contributed by atoms with van der Waals surface area (Å²) in [5, 5.41) is 20.1. The summed E-state index contributed by atoms with van der Waals surface area (Å²) >= 11 is 1.50. The van der Waals surface area contributed by atoms with Crippen LogP contribution in [-0.4, -0.2) is 70.6 Å². The molecule has 0 bridgehead atoms. The molecule has 4 rings (SSSR count). The van der Waals surface area contributed by atoms with E-state index in [2.05, 4.69) is 20.6 Å². The number of carbonyl (C=O) groups excluding carboxylic acids is 3. The van der Waals surface area contributed by atoms with E-state index in [4.69, 9.17) is 4.74 Å². The van der Waals surface area contributed by atoms with Gasteiger partial charge in [0.15, 0.2) is 0 Å². The van der Waals surface area contributed by atoms with Crippen LogP contribution in [0.1, 0.15) is 58.7 Å². The van der Waals surface area contributed by atoms with E-state index in [0.717, 1.165) is 16.3 Å². The zero-order valence-corrected chi connectivity index (χ0v) is 26.1. The number of aliphatic hydroxyl groups excluding tert-OH is 1. The third-order valence-corrected chi connectivity index (χ3v) is 8.00. The summed E-state index contributed by atoms with van der Waals surface area (Å²) in [5.41, 5.74) is 4.21. The van der Waals surface area contributed by atoms with Crippen LogP contribution in [0.25, 0.3) is 0 Å². The molecule has 230 valence electrons. The van der Waals surface area contributed by atoms with Crippen LogP contribution in [0.15, 0.2) is 72.1 Å². The largest absolute Gasteiger partial charge is 0.465 e. The maximum Gasteiger partial charge on any atom is 0.339 e. The Bertz CT molecular complexity index is 1590. The van der Waals surface area contributed by atoms with E-state index in [1.165, 1.54) is 18.4 Å². The number of rotatable bonds is 13. The molecule has 2 aromatic carbocycles. The van der Waals surface area contributed by atoms with Crippen molar-refractivity contribution < 1.29 is 24.2 Å². The molecule has 10 nitrogen and oxygen atoms in total. The van der Waals surface area contributed by atoms with Crippen LogP contribution in [0.4, 0.5) is 0 Å². The predicted molar refractivity (Wildman–Crippen MR) is 169 cm³/mol. The molecule has 2 atom stereocenters. The highest BCUT2D eigenvalue weighted by Crippen LogP contribution is 2.15. The van der Waals surface area contributed by atoms with E-state index < -0.39 is 24.0 Å². The standard InChI is InChI=1S/C33H37N5O5S/c1-21-20-44-30(35-21)19-38(3)32(41)25-12-8-11-24(16-25)31(40)37-28(15-23-9-6-5-7-10-23)29(39)18-34-17-26-13-14-27(22(2)36-26)33(42)43-4/h5-14,16,20,28-29,34,39H,15,17-19H2,1-4H3,(H,37,40)/t28-,29+/m0/s1. The van der Waals surface area contributed by atoms with Gasteiger partial charge in [-0.3, -0.25) is 14.6 Å². The fourth-order valence-electron chi connectivity index (χ4n) is 4.69. The minimum absolute atomic E-state index is 0.177. The Morgan fingerprint density at radius 1 is 1.00 bits per heavy atom. The molecule has 2 heterocycles. The van der Waals surface area contributed by atoms with Gasteiger partial charge >= 0.3 is 5.97 Å². The van der Waals surface area contributed by atoms with Gasteiger partial charge in [-0.15, -0.1) is 11.3 Å². The lowest BCUT2D eigenvalue weighted by atomic mass is 10.00. The summed E-state index contributed by atoms with van der Waals surface area (Å²) < 4.78 is 4.78. The minimum atomic E-state index is -0.938. The van der Waals surface area contributed by atoms with Crippen LogP contribution in [0.2, 0.25) is 0 Å². The Labute approximate surface area is 261 Å². The average Bonchev–Trinajstić information content (AvgIpc) is 3.44. The maximum atomic E-state index is 13.4. The van der Waals surface area contributed by atoms with Crippen molar-refractivity contribution in [1.29, 1.82) is 0 Å². The molecule has 0 unspecified atom stereocenters. The van der Waals surface area contributed by atoms with Crippen molar-refractivity contribution >= 4 is 29.1 Å². The highest BCUT2D eigenvalue weighted by Gasteiger charge is 2.23. The number of amides is 2. The van der Waals surface area contributed by atoms with Crippen LogP contribution in [0, 0.1) is 13.8 Å². The quantitative estimate of drug-likeness (QED) is 0.194. The second-order valence-electron chi connectivity index (χ2n) is 10.5. The number of methoxy groups -OCH3 is 1. The highest BCUT2D eigenvalue weighted by molar-refractivity contribution is 7.09. The zero-order chi connectivity index (χ0) is 31.6. The number of nitrogens with zero attached hydrogens (tertiary/aromatic N) is 3. The first-order valence-electron chi connectivity index (χ1n) is 14.2. The molecule has 11 heteroatoms. The molecule has 0 fully saturated rings. The van der Waals surface area contributed by atoms with Crippen LogP contribution in [-0.2, 0) is 24.2 Å². The maximum absolute atomic E-state index is 13.4. The summed E-state index contributed by atoms with van der Waals surface area (Å²) in [7, 11) is 3.03. The number of carbonyl (C=O) groups is 3. The second-order valence-corrected chi connectivity index (χ2v) is 11.5. The number of ether oxygens (including phenoxy) is 1. The molecule has 0 spiro atoms. The number of aromatic nitrogens is 2. The van der Waals surface area contributed by atoms with Crippen molar-refractivity contribution in [3.8, 4) is 0 Å². The van der Waals surface area contributed by atoms with Gasteiger partial charge in [0.2, 0.25) is 0 Å². The molecule has 0 radical (unpaired) electrons.